The zero-order valence-corrected chi connectivity index (χ0v) is 16.3. The van der Waals surface area contributed by atoms with Crippen LogP contribution in [0.2, 0.25) is 5.02 Å². The fourth-order valence-electron chi connectivity index (χ4n) is 4.36. The minimum absolute atomic E-state index is 0.0344. The van der Waals surface area contributed by atoms with Gasteiger partial charge < -0.3 is 19.7 Å². The van der Waals surface area contributed by atoms with Gasteiger partial charge in [-0.05, 0) is 49.8 Å². The highest BCUT2D eigenvalue weighted by molar-refractivity contribution is 6.32. The Morgan fingerprint density at radius 2 is 2.11 bits per heavy atom. The molecular formula is C20H24ClFN2O4. The molecule has 28 heavy (non-hydrogen) atoms. The highest BCUT2D eigenvalue weighted by Crippen LogP contribution is 2.41. The molecule has 0 atom stereocenters. The number of hydrogen-bond donors (Lipinski definition) is 1. The summed E-state index contributed by atoms with van der Waals surface area (Å²) in [4.78, 5) is 26.2. The lowest BCUT2D eigenvalue weighted by Gasteiger charge is -2.50. The fraction of sp³-hybridized carbons (Fsp3) is 0.600. The number of carbonyl (C=O) groups is 2. The normalized spacial score (nSPS) is 28.0. The molecule has 0 unspecified atom stereocenters. The van der Waals surface area contributed by atoms with Gasteiger partial charge in [0, 0.05) is 19.0 Å². The molecule has 4 rings (SSSR count). The van der Waals surface area contributed by atoms with Crippen LogP contribution >= 0.6 is 11.6 Å². The van der Waals surface area contributed by atoms with Crippen molar-refractivity contribution in [3.63, 3.8) is 0 Å². The van der Waals surface area contributed by atoms with Gasteiger partial charge in [0.05, 0.1) is 23.8 Å². The number of rotatable bonds is 4. The van der Waals surface area contributed by atoms with Crippen LogP contribution in [0.15, 0.2) is 18.2 Å². The molecule has 3 aliphatic rings. The molecule has 1 N–H and O–H groups in total. The van der Waals surface area contributed by atoms with Crippen molar-refractivity contribution in [1.29, 1.82) is 0 Å². The monoisotopic (exact) mass is 410 g/mol. The SMILES string of the molecule is O=C1COCC2(CC(C(=O)N3CCC(COc4ccc(F)cc4Cl)CC3)C2)N1. The molecule has 2 heterocycles. The summed E-state index contributed by atoms with van der Waals surface area (Å²) in [5.41, 5.74) is -0.337. The number of benzene rings is 1. The number of likely N-dealkylation sites (tertiary alicyclic amines) is 1. The van der Waals surface area contributed by atoms with E-state index in [4.69, 9.17) is 21.1 Å². The van der Waals surface area contributed by atoms with E-state index in [1.807, 2.05) is 4.90 Å². The quantitative estimate of drug-likeness (QED) is 0.827. The first-order valence-electron chi connectivity index (χ1n) is 9.69. The van der Waals surface area contributed by atoms with E-state index < -0.39 is 0 Å². The van der Waals surface area contributed by atoms with Gasteiger partial charge in [0.2, 0.25) is 11.8 Å². The van der Waals surface area contributed by atoms with E-state index in [1.165, 1.54) is 18.2 Å². The minimum Gasteiger partial charge on any atom is -0.492 e. The lowest BCUT2D eigenvalue weighted by atomic mass is 9.67. The van der Waals surface area contributed by atoms with Gasteiger partial charge in [-0.3, -0.25) is 9.59 Å². The summed E-state index contributed by atoms with van der Waals surface area (Å²) in [6.45, 7) is 2.52. The summed E-state index contributed by atoms with van der Waals surface area (Å²) < 4.78 is 24.2. The zero-order valence-electron chi connectivity index (χ0n) is 15.6. The molecular weight excluding hydrogens is 387 g/mol. The molecule has 1 spiro atoms. The van der Waals surface area contributed by atoms with E-state index in [1.54, 1.807) is 0 Å². The molecule has 0 radical (unpaired) electrons. The third kappa shape index (κ3) is 4.10. The van der Waals surface area contributed by atoms with Crippen LogP contribution in [0.4, 0.5) is 4.39 Å². The molecule has 152 valence electrons. The van der Waals surface area contributed by atoms with Crippen molar-refractivity contribution in [2.45, 2.75) is 31.2 Å². The first-order valence-corrected chi connectivity index (χ1v) is 10.1. The van der Waals surface area contributed by atoms with Crippen molar-refractivity contribution in [2.24, 2.45) is 11.8 Å². The van der Waals surface area contributed by atoms with Crippen LogP contribution in [-0.4, -0.2) is 55.2 Å². The summed E-state index contributed by atoms with van der Waals surface area (Å²) >= 11 is 5.99. The van der Waals surface area contributed by atoms with E-state index >= 15 is 0 Å². The number of hydrogen-bond acceptors (Lipinski definition) is 4. The lowest BCUT2D eigenvalue weighted by molar-refractivity contribution is -0.153. The third-order valence-corrected chi connectivity index (χ3v) is 6.23. The fourth-order valence-corrected chi connectivity index (χ4v) is 4.58. The molecule has 1 aliphatic carbocycles. The molecule has 0 bridgehead atoms. The maximum Gasteiger partial charge on any atom is 0.246 e. The van der Waals surface area contributed by atoms with E-state index in [0.717, 1.165) is 12.8 Å². The Morgan fingerprint density at radius 3 is 2.79 bits per heavy atom. The molecule has 1 aromatic rings. The van der Waals surface area contributed by atoms with Gasteiger partial charge in [-0.15, -0.1) is 0 Å². The van der Waals surface area contributed by atoms with Crippen molar-refractivity contribution >= 4 is 23.4 Å². The number of morpholine rings is 1. The predicted octanol–water partition coefficient (Wildman–Crippen LogP) is 2.39. The Balaban J connectivity index is 1.21. The largest absolute Gasteiger partial charge is 0.492 e. The standard InChI is InChI=1S/C20H24ClFN2O4/c21-16-7-15(22)1-2-17(16)28-10-13-3-5-24(6-4-13)19(26)14-8-20(9-14)12-27-11-18(25)23-20/h1-2,7,13-14H,3-6,8-12H2,(H,23,25). The van der Waals surface area contributed by atoms with Crippen LogP contribution in [0.25, 0.3) is 0 Å². The lowest BCUT2D eigenvalue weighted by Crippen LogP contribution is -2.66. The summed E-state index contributed by atoms with van der Waals surface area (Å²) in [5.74, 6) is 0.474. The van der Waals surface area contributed by atoms with Gasteiger partial charge in [-0.2, -0.15) is 0 Å². The molecule has 0 aromatic heterocycles. The maximum absolute atomic E-state index is 13.1. The number of ether oxygens (including phenoxy) is 2. The van der Waals surface area contributed by atoms with Crippen molar-refractivity contribution in [1.82, 2.24) is 10.2 Å². The number of nitrogens with zero attached hydrogens (tertiary/aromatic N) is 1. The summed E-state index contributed by atoms with van der Waals surface area (Å²) in [6, 6.07) is 4.10. The Bertz CT molecular complexity index is 761. The summed E-state index contributed by atoms with van der Waals surface area (Å²) in [6.07, 6.45) is 3.04. The summed E-state index contributed by atoms with van der Waals surface area (Å²) in [7, 11) is 0. The minimum atomic E-state index is -0.388. The number of piperidine rings is 1. The van der Waals surface area contributed by atoms with Crippen LogP contribution in [-0.2, 0) is 14.3 Å². The van der Waals surface area contributed by atoms with Gasteiger partial charge in [-0.25, -0.2) is 4.39 Å². The molecule has 2 saturated heterocycles. The van der Waals surface area contributed by atoms with E-state index in [-0.39, 0.29) is 40.7 Å². The van der Waals surface area contributed by atoms with Gasteiger partial charge in [0.1, 0.15) is 18.2 Å². The molecule has 8 heteroatoms. The predicted molar refractivity (Wildman–Crippen MR) is 101 cm³/mol. The van der Waals surface area contributed by atoms with Crippen LogP contribution in [0.1, 0.15) is 25.7 Å². The van der Waals surface area contributed by atoms with E-state index in [9.17, 15) is 14.0 Å². The highest BCUT2D eigenvalue weighted by atomic mass is 35.5. The highest BCUT2D eigenvalue weighted by Gasteiger charge is 2.51. The van der Waals surface area contributed by atoms with Gasteiger partial charge >= 0.3 is 0 Å². The molecule has 1 saturated carbocycles. The first-order chi connectivity index (χ1) is 13.4. The number of nitrogens with one attached hydrogen (secondary N) is 1. The Morgan fingerprint density at radius 1 is 1.36 bits per heavy atom. The van der Waals surface area contributed by atoms with Crippen LogP contribution in [0.3, 0.4) is 0 Å². The van der Waals surface area contributed by atoms with E-state index in [0.29, 0.717) is 50.8 Å². The molecule has 2 amide bonds. The van der Waals surface area contributed by atoms with Crippen LogP contribution < -0.4 is 10.1 Å². The van der Waals surface area contributed by atoms with Gasteiger partial charge in [-0.1, -0.05) is 11.6 Å². The van der Waals surface area contributed by atoms with Gasteiger partial charge in [0.25, 0.3) is 0 Å². The molecule has 3 fully saturated rings. The Labute approximate surface area is 168 Å². The second kappa shape index (κ2) is 7.87. The van der Waals surface area contributed by atoms with Crippen molar-refractivity contribution in [3.05, 3.63) is 29.0 Å². The second-order valence-corrected chi connectivity index (χ2v) is 8.49. The summed E-state index contributed by atoms with van der Waals surface area (Å²) in [5, 5.41) is 3.25. The van der Waals surface area contributed by atoms with Crippen LogP contribution in [0, 0.1) is 17.7 Å². The number of carbonyl (C=O) groups excluding carboxylic acids is 2. The average molecular weight is 411 g/mol. The van der Waals surface area contributed by atoms with Crippen molar-refractivity contribution < 1.29 is 23.5 Å². The Kier molecular flexibility index (Phi) is 5.47. The van der Waals surface area contributed by atoms with Gasteiger partial charge in [0.15, 0.2) is 0 Å². The van der Waals surface area contributed by atoms with E-state index in [2.05, 4.69) is 5.32 Å². The van der Waals surface area contributed by atoms with Crippen molar-refractivity contribution in [3.8, 4) is 5.75 Å². The first kappa shape index (κ1) is 19.5. The molecule has 2 aliphatic heterocycles. The maximum atomic E-state index is 13.1. The average Bonchev–Trinajstić information content (AvgIpc) is 2.65. The zero-order chi connectivity index (χ0) is 19.7. The number of amides is 2. The third-order valence-electron chi connectivity index (χ3n) is 5.93. The van der Waals surface area contributed by atoms with Crippen LogP contribution in [0.5, 0.6) is 5.75 Å². The molecule has 6 nitrogen and oxygen atoms in total. The topological polar surface area (TPSA) is 67.9 Å². The second-order valence-electron chi connectivity index (χ2n) is 8.08. The van der Waals surface area contributed by atoms with Crippen molar-refractivity contribution in [2.75, 3.05) is 32.9 Å². The Hall–Kier alpha value is -1.86. The smallest absolute Gasteiger partial charge is 0.246 e. The number of halogens is 2. The molecule has 1 aromatic carbocycles.